The van der Waals surface area contributed by atoms with Gasteiger partial charge in [-0.05, 0) is 81.8 Å². The summed E-state index contributed by atoms with van der Waals surface area (Å²) in [5.74, 6) is -4.46. The molecule has 14 nitrogen and oxygen atoms in total. The topological polar surface area (TPSA) is 183 Å². The number of rotatable bonds is 9. The van der Waals surface area contributed by atoms with Crippen molar-refractivity contribution in [1.29, 1.82) is 0 Å². The molecule has 0 saturated carbocycles. The number of Topliss-reactive ketones (excluding diaryl/α,β-unsaturated/α-hetero) is 1. The molecule has 0 spiro atoms. The highest BCUT2D eigenvalue weighted by atomic mass is 16.7. The summed E-state index contributed by atoms with van der Waals surface area (Å²) in [6.45, 7) is 19.2. The molecule has 3 aliphatic heterocycles. The van der Waals surface area contributed by atoms with Crippen LogP contribution in [0.2, 0.25) is 0 Å². The van der Waals surface area contributed by atoms with Crippen LogP contribution in [0.5, 0.6) is 0 Å². The second-order valence-electron chi connectivity index (χ2n) is 16.9. The Labute approximate surface area is 317 Å². The molecule has 0 amide bonds. The highest BCUT2D eigenvalue weighted by Gasteiger charge is 2.54. The Bertz CT molecular complexity index is 1200. The fraction of sp³-hybridized carbons (Fsp3) is 0.949. The number of carbonyl (C=O) groups excluding carboxylic acids is 2. The van der Waals surface area contributed by atoms with Crippen LogP contribution >= 0.6 is 0 Å². The largest absolute Gasteiger partial charge is 0.459 e. The second kappa shape index (κ2) is 18.3. The van der Waals surface area contributed by atoms with Gasteiger partial charge in [0.05, 0.1) is 47.6 Å². The summed E-state index contributed by atoms with van der Waals surface area (Å²) in [6, 6.07) is -0.284. The van der Waals surface area contributed by atoms with Gasteiger partial charge in [0, 0.05) is 43.9 Å². The number of carbonyl (C=O) groups is 2. The van der Waals surface area contributed by atoms with Gasteiger partial charge in [-0.1, -0.05) is 27.7 Å². The van der Waals surface area contributed by atoms with Crippen LogP contribution in [0.4, 0.5) is 0 Å². The van der Waals surface area contributed by atoms with E-state index in [0.717, 1.165) is 0 Å². The number of nitrogens with zero attached hydrogens (tertiary/aromatic N) is 1. The van der Waals surface area contributed by atoms with Crippen molar-refractivity contribution in [2.75, 3.05) is 27.8 Å². The number of likely N-dealkylation sites (N-methyl/N-ethyl adjacent to an activating group) is 1. The van der Waals surface area contributed by atoms with Gasteiger partial charge >= 0.3 is 5.97 Å². The Morgan fingerprint density at radius 1 is 0.868 bits per heavy atom. The molecule has 3 aliphatic rings. The lowest BCUT2D eigenvalue weighted by molar-refractivity contribution is -0.320. The van der Waals surface area contributed by atoms with E-state index in [4.69, 9.17) is 33.2 Å². The van der Waals surface area contributed by atoms with Crippen LogP contribution in [0.25, 0.3) is 0 Å². The molecule has 0 radical (unpaired) electrons. The van der Waals surface area contributed by atoms with E-state index in [9.17, 15) is 30.0 Å². The first kappa shape index (κ1) is 46.1. The van der Waals surface area contributed by atoms with Crippen molar-refractivity contribution in [2.45, 2.75) is 186 Å². The van der Waals surface area contributed by atoms with Crippen molar-refractivity contribution in [1.82, 2.24) is 4.90 Å². The van der Waals surface area contributed by atoms with E-state index in [0.29, 0.717) is 6.42 Å². The van der Waals surface area contributed by atoms with Crippen LogP contribution in [0.3, 0.4) is 0 Å². The molecule has 3 fully saturated rings. The molecule has 310 valence electrons. The normalized spacial score (nSPS) is 48.3. The van der Waals surface area contributed by atoms with Gasteiger partial charge in [0.1, 0.15) is 29.7 Å². The van der Waals surface area contributed by atoms with Crippen LogP contribution in [-0.4, -0.2) is 149 Å². The number of hydrogen-bond acceptors (Lipinski definition) is 14. The van der Waals surface area contributed by atoms with Crippen molar-refractivity contribution in [2.24, 2.45) is 23.7 Å². The molecular weight excluding hydrogens is 690 g/mol. The molecule has 0 aromatic heterocycles. The van der Waals surface area contributed by atoms with Crippen LogP contribution in [0.15, 0.2) is 0 Å². The molecule has 18 atom stereocenters. The lowest BCUT2D eigenvalue weighted by atomic mass is 9.73. The third-order valence-corrected chi connectivity index (χ3v) is 12.3. The van der Waals surface area contributed by atoms with E-state index in [1.165, 1.54) is 14.0 Å². The van der Waals surface area contributed by atoms with Crippen LogP contribution < -0.4 is 0 Å². The van der Waals surface area contributed by atoms with E-state index in [-0.39, 0.29) is 43.8 Å². The minimum absolute atomic E-state index is 0.122. The van der Waals surface area contributed by atoms with E-state index in [2.05, 4.69) is 0 Å². The Morgan fingerprint density at radius 2 is 1.49 bits per heavy atom. The van der Waals surface area contributed by atoms with Gasteiger partial charge < -0.3 is 58.5 Å². The van der Waals surface area contributed by atoms with E-state index in [1.807, 2.05) is 46.7 Å². The number of ether oxygens (including phenoxy) is 7. The summed E-state index contributed by atoms with van der Waals surface area (Å²) < 4.78 is 44.3. The molecule has 4 N–H and O–H groups in total. The summed E-state index contributed by atoms with van der Waals surface area (Å²) >= 11 is 0. The predicted octanol–water partition coefficient (Wildman–Crippen LogP) is 2.83. The molecule has 0 bridgehead atoms. The number of aliphatic hydroxyl groups is 4. The molecule has 3 rings (SSSR count). The Balaban J connectivity index is 2.25. The summed E-state index contributed by atoms with van der Waals surface area (Å²) in [4.78, 5) is 30.2. The van der Waals surface area contributed by atoms with Gasteiger partial charge in [-0.3, -0.25) is 9.59 Å². The fourth-order valence-electron chi connectivity index (χ4n) is 8.86. The maximum Gasteiger partial charge on any atom is 0.311 e. The summed E-state index contributed by atoms with van der Waals surface area (Å²) in [5.41, 5.74) is -4.24. The van der Waals surface area contributed by atoms with Gasteiger partial charge in [0.15, 0.2) is 12.6 Å². The predicted molar refractivity (Wildman–Crippen MR) is 196 cm³/mol. The standard InChI is InChI=1S/C39H71NO13/c1-15-27-39(11,46)32(43)22(5)29(41)20(3)18-38(10,48-16-2)34(53-36-30(42)26(40(12)13)17-21(4)49-36)23(6)31(24(7)35(45)51-27)52-28-19-37(9,47-14)33(44)25(8)50-28/h20-28,30-34,36,42-44,46H,15-19H2,1-14H3/t20-,21+,22-,23-,24+,25-,26-,27+,28-,30+,31-,32+,33-,34+,36-,37+,38+,39+/m0/s1. The lowest BCUT2D eigenvalue weighted by Crippen LogP contribution is -2.61. The highest BCUT2D eigenvalue weighted by molar-refractivity contribution is 5.83. The average Bonchev–Trinajstić information content (AvgIpc) is 3.09. The summed E-state index contributed by atoms with van der Waals surface area (Å²) in [5, 5.41) is 45.7. The molecule has 3 saturated heterocycles. The fourth-order valence-corrected chi connectivity index (χ4v) is 8.86. The summed E-state index contributed by atoms with van der Waals surface area (Å²) in [6.07, 6.45) is -8.71. The number of esters is 1. The number of cyclic esters (lactones) is 1. The lowest BCUT2D eigenvalue weighted by Gasteiger charge is -2.50. The first-order valence-electron chi connectivity index (χ1n) is 19.5. The second-order valence-corrected chi connectivity index (χ2v) is 16.9. The molecule has 3 heterocycles. The molecule has 14 heteroatoms. The molecule has 53 heavy (non-hydrogen) atoms. The van der Waals surface area contributed by atoms with Crippen molar-refractivity contribution in [3.8, 4) is 0 Å². The minimum atomic E-state index is -1.97. The zero-order valence-corrected chi connectivity index (χ0v) is 34.6. The first-order chi connectivity index (χ1) is 24.5. The Morgan fingerprint density at radius 3 is 2.04 bits per heavy atom. The van der Waals surface area contributed by atoms with Gasteiger partial charge in [0.25, 0.3) is 0 Å². The third-order valence-electron chi connectivity index (χ3n) is 12.3. The van der Waals surface area contributed by atoms with Gasteiger partial charge in [-0.2, -0.15) is 0 Å². The number of ketones is 1. The van der Waals surface area contributed by atoms with E-state index in [1.54, 1.807) is 41.5 Å². The van der Waals surface area contributed by atoms with Gasteiger partial charge in [-0.25, -0.2) is 0 Å². The summed E-state index contributed by atoms with van der Waals surface area (Å²) in [7, 11) is 5.27. The van der Waals surface area contributed by atoms with Crippen molar-refractivity contribution in [3.63, 3.8) is 0 Å². The van der Waals surface area contributed by atoms with Crippen molar-refractivity contribution < 1.29 is 63.2 Å². The molecular formula is C39H71NO13. The maximum atomic E-state index is 14.2. The monoisotopic (exact) mass is 761 g/mol. The quantitative estimate of drug-likeness (QED) is 0.252. The zero-order chi connectivity index (χ0) is 40.4. The average molecular weight is 762 g/mol. The van der Waals surface area contributed by atoms with Gasteiger partial charge in [0.2, 0.25) is 0 Å². The molecule has 0 unspecified atom stereocenters. The SMILES string of the molecule is CCO[C@]1(C)C[C@H](C)C(=O)[C@H](C)[C@@H](O)[C@](C)(O)[C@@H](CC)OC(=O)[C@H](C)[C@@H](O[C@H]2C[C@@](C)(OC)[C@@H](O)[C@H](C)O2)[C@H](C)[C@H]1O[C@@H]1O[C@H](C)C[C@H](N(C)C)[C@H]1O. The zero-order valence-electron chi connectivity index (χ0n) is 34.6. The molecule has 0 aliphatic carbocycles. The van der Waals surface area contributed by atoms with Crippen molar-refractivity contribution >= 4 is 11.8 Å². The Hall–Kier alpha value is -1.30. The Kier molecular flexibility index (Phi) is 15.9. The molecule has 0 aromatic carbocycles. The van der Waals surface area contributed by atoms with Crippen LogP contribution in [-0.2, 0) is 42.7 Å². The molecule has 0 aromatic rings. The maximum absolute atomic E-state index is 14.2. The first-order valence-corrected chi connectivity index (χ1v) is 19.5. The number of methoxy groups -OCH3 is 1. The van der Waals surface area contributed by atoms with E-state index < -0.39 is 102 Å². The van der Waals surface area contributed by atoms with Gasteiger partial charge in [-0.15, -0.1) is 0 Å². The minimum Gasteiger partial charge on any atom is -0.459 e. The highest BCUT2D eigenvalue weighted by Crippen LogP contribution is 2.42. The van der Waals surface area contributed by atoms with Crippen LogP contribution in [0.1, 0.15) is 102 Å². The van der Waals surface area contributed by atoms with Crippen LogP contribution in [0, 0.1) is 23.7 Å². The smallest absolute Gasteiger partial charge is 0.311 e. The number of hydrogen-bond donors (Lipinski definition) is 4. The number of aliphatic hydroxyl groups excluding tert-OH is 3. The van der Waals surface area contributed by atoms with Crippen molar-refractivity contribution in [3.05, 3.63) is 0 Å². The third kappa shape index (κ3) is 9.99. The van der Waals surface area contributed by atoms with E-state index >= 15 is 0 Å².